The highest BCUT2D eigenvalue weighted by molar-refractivity contribution is 8.00. The fraction of sp³-hybridized carbons (Fsp3) is 0.194. The van der Waals surface area contributed by atoms with E-state index in [4.69, 9.17) is 0 Å². The van der Waals surface area contributed by atoms with E-state index < -0.39 is 0 Å². The highest BCUT2D eigenvalue weighted by Gasteiger charge is 2.32. The first-order chi connectivity index (χ1) is 18.4. The molecule has 1 aliphatic rings. The van der Waals surface area contributed by atoms with Crippen LogP contribution in [0.2, 0.25) is 0 Å². The van der Waals surface area contributed by atoms with Crippen molar-refractivity contribution in [2.24, 2.45) is 5.10 Å². The molecule has 1 saturated heterocycles. The van der Waals surface area contributed by atoms with E-state index in [0.29, 0.717) is 17.9 Å². The number of aromatic nitrogens is 1. The average Bonchev–Trinajstić information content (AvgIpc) is 3.43. The van der Waals surface area contributed by atoms with E-state index in [1.165, 1.54) is 5.56 Å². The maximum Gasteiger partial charge on any atom is 0.271 e. The summed E-state index contributed by atoms with van der Waals surface area (Å²) in [5, 5.41) is 4.15. The van der Waals surface area contributed by atoms with E-state index in [9.17, 15) is 9.59 Å². The van der Waals surface area contributed by atoms with Crippen LogP contribution in [0.5, 0.6) is 0 Å². The molecule has 0 saturated carbocycles. The molecule has 2 amide bonds. The number of amides is 2. The Hall–Kier alpha value is -4.10. The van der Waals surface area contributed by atoms with Crippen molar-refractivity contribution in [3.05, 3.63) is 124 Å². The smallest absolute Gasteiger partial charge is 0.271 e. The van der Waals surface area contributed by atoms with E-state index in [2.05, 4.69) is 59.3 Å². The number of carbonyl (C=O) groups is 2. The quantitative estimate of drug-likeness (QED) is 0.241. The minimum Gasteiger partial charge on any atom is -0.322 e. The molecular formula is C31H30N4O2S. The third kappa shape index (κ3) is 5.43. The fourth-order valence-electron chi connectivity index (χ4n) is 4.71. The van der Waals surface area contributed by atoms with Crippen LogP contribution >= 0.6 is 11.8 Å². The summed E-state index contributed by atoms with van der Waals surface area (Å²) in [6.07, 6.45) is 1.68. The molecule has 3 aromatic carbocycles. The minimum absolute atomic E-state index is 0.0679. The van der Waals surface area contributed by atoms with Crippen LogP contribution < -0.4 is 5.43 Å². The molecule has 0 radical (unpaired) electrons. The van der Waals surface area contributed by atoms with Crippen LogP contribution in [0.4, 0.5) is 0 Å². The Bertz CT molecular complexity index is 1480. The summed E-state index contributed by atoms with van der Waals surface area (Å²) in [4.78, 5) is 27.2. The number of rotatable bonds is 7. The summed E-state index contributed by atoms with van der Waals surface area (Å²) in [6, 6.07) is 27.8. The number of benzene rings is 3. The van der Waals surface area contributed by atoms with Crippen LogP contribution in [0.3, 0.4) is 0 Å². The number of nitrogens with one attached hydrogen (secondary N) is 1. The molecular weight excluding hydrogens is 492 g/mol. The summed E-state index contributed by atoms with van der Waals surface area (Å²) >= 11 is 1.61. The Labute approximate surface area is 227 Å². The van der Waals surface area contributed by atoms with Crippen LogP contribution in [-0.2, 0) is 11.3 Å². The number of aryl methyl sites for hydroxylation is 2. The van der Waals surface area contributed by atoms with E-state index >= 15 is 0 Å². The van der Waals surface area contributed by atoms with Crippen molar-refractivity contribution in [1.29, 1.82) is 0 Å². The molecule has 0 bridgehead atoms. The largest absolute Gasteiger partial charge is 0.322 e. The van der Waals surface area contributed by atoms with Crippen molar-refractivity contribution in [1.82, 2.24) is 14.9 Å². The summed E-state index contributed by atoms with van der Waals surface area (Å²) in [6.45, 7) is 6.74. The number of hydrogen-bond acceptors (Lipinski definition) is 4. The maximum atomic E-state index is 12.7. The Balaban J connectivity index is 1.24. The average molecular weight is 523 g/mol. The van der Waals surface area contributed by atoms with Crippen molar-refractivity contribution in [3.63, 3.8) is 0 Å². The van der Waals surface area contributed by atoms with Crippen LogP contribution in [-0.4, -0.2) is 33.2 Å². The Morgan fingerprint density at radius 3 is 2.42 bits per heavy atom. The Kier molecular flexibility index (Phi) is 7.47. The lowest BCUT2D eigenvalue weighted by Gasteiger charge is -2.24. The van der Waals surface area contributed by atoms with E-state index in [1.54, 1.807) is 30.1 Å². The van der Waals surface area contributed by atoms with Gasteiger partial charge in [-0.15, -0.1) is 11.8 Å². The lowest BCUT2D eigenvalue weighted by molar-refractivity contribution is -0.128. The van der Waals surface area contributed by atoms with Crippen molar-refractivity contribution < 1.29 is 9.59 Å². The van der Waals surface area contributed by atoms with Gasteiger partial charge in [-0.2, -0.15) is 5.10 Å². The minimum atomic E-state index is -0.281. The molecule has 1 atom stereocenters. The summed E-state index contributed by atoms with van der Waals surface area (Å²) in [5.74, 6) is 0.303. The lowest BCUT2D eigenvalue weighted by atomic mass is 10.1. The number of nitrogens with zero attached hydrogens (tertiary/aromatic N) is 3. The summed E-state index contributed by atoms with van der Waals surface area (Å²) in [7, 11) is 0. The zero-order valence-corrected chi connectivity index (χ0v) is 22.5. The molecule has 192 valence electrons. The van der Waals surface area contributed by atoms with Gasteiger partial charge in [0.05, 0.1) is 12.0 Å². The second kappa shape index (κ2) is 11.1. The van der Waals surface area contributed by atoms with Crippen LogP contribution in [0.15, 0.2) is 90.0 Å². The molecule has 1 aromatic heterocycles. The molecule has 4 aromatic rings. The Morgan fingerprint density at radius 1 is 1.00 bits per heavy atom. The molecule has 0 unspecified atom stereocenters. The second-order valence-corrected chi connectivity index (χ2v) is 10.6. The molecule has 1 aliphatic heterocycles. The highest BCUT2D eigenvalue weighted by atomic mass is 32.2. The van der Waals surface area contributed by atoms with Gasteiger partial charge in [0.2, 0.25) is 5.91 Å². The first kappa shape index (κ1) is 25.5. The van der Waals surface area contributed by atoms with Crippen molar-refractivity contribution in [2.75, 3.05) is 5.75 Å². The molecule has 1 fully saturated rings. The molecule has 6 nitrogen and oxygen atoms in total. The van der Waals surface area contributed by atoms with Crippen LogP contribution in [0, 0.1) is 20.8 Å². The topological polar surface area (TPSA) is 66.7 Å². The second-order valence-electron chi connectivity index (χ2n) is 9.49. The first-order valence-corrected chi connectivity index (χ1v) is 13.6. The molecule has 0 aliphatic carbocycles. The number of thioether (sulfide) groups is 1. The van der Waals surface area contributed by atoms with Gasteiger partial charge in [-0.05, 0) is 62.2 Å². The number of hydrazone groups is 1. The van der Waals surface area contributed by atoms with Gasteiger partial charge in [-0.3, -0.25) is 9.59 Å². The molecule has 38 heavy (non-hydrogen) atoms. The van der Waals surface area contributed by atoms with E-state index in [0.717, 1.165) is 33.8 Å². The molecule has 5 rings (SSSR count). The molecule has 0 spiro atoms. The van der Waals surface area contributed by atoms with Crippen LogP contribution in [0.25, 0.3) is 5.69 Å². The van der Waals surface area contributed by atoms with E-state index in [1.807, 2.05) is 54.3 Å². The normalized spacial score (nSPS) is 15.4. The third-order valence-electron chi connectivity index (χ3n) is 6.75. The van der Waals surface area contributed by atoms with Gasteiger partial charge in [0.1, 0.15) is 5.37 Å². The highest BCUT2D eigenvalue weighted by Crippen LogP contribution is 2.39. The zero-order valence-electron chi connectivity index (χ0n) is 21.7. The van der Waals surface area contributed by atoms with Crippen LogP contribution in [0.1, 0.15) is 49.4 Å². The summed E-state index contributed by atoms with van der Waals surface area (Å²) in [5.41, 5.74) is 10.7. The third-order valence-corrected chi connectivity index (χ3v) is 8.01. The molecule has 1 N–H and O–H groups in total. The van der Waals surface area contributed by atoms with E-state index in [-0.39, 0.29) is 17.2 Å². The predicted molar refractivity (Wildman–Crippen MR) is 154 cm³/mol. The fourth-order valence-corrected chi connectivity index (χ4v) is 5.90. The van der Waals surface area contributed by atoms with Gasteiger partial charge in [0, 0.05) is 34.7 Å². The number of carbonyl (C=O) groups excluding carboxylic acids is 2. The maximum absolute atomic E-state index is 12.7. The van der Waals surface area contributed by atoms with Gasteiger partial charge in [0.15, 0.2) is 0 Å². The van der Waals surface area contributed by atoms with Crippen molar-refractivity contribution >= 4 is 29.8 Å². The standard InChI is InChI=1S/C31H30N4O2S/c1-21-9-15-28(16-10-21)35-22(2)17-27(23(35)3)18-32-33-30(37)25-11-13-26(14-12-25)31-34(29(36)20-38-31)19-24-7-5-4-6-8-24/h4-18,31H,19-20H2,1-3H3,(H,33,37)/b32-18-/t31-/m0/s1. The SMILES string of the molecule is Cc1ccc(-n2c(C)cc(/C=N\NC(=O)c3ccc([C@@H]4SCC(=O)N4Cc4ccccc4)cc3)c2C)cc1. The van der Waals surface area contributed by atoms with Gasteiger partial charge in [-0.1, -0.05) is 60.2 Å². The lowest BCUT2D eigenvalue weighted by Crippen LogP contribution is -2.27. The van der Waals surface area contributed by atoms with Gasteiger partial charge in [0.25, 0.3) is 5.91 Å². The monoisotopic (exact) mass is 522 g/mol. The first-order valence-electron chi connectivity index (χ1n) is 12.5. The van der Waals surface area contributed by atoms with Crippen molar-refractivity contribution in [3.8, 4) is 5.69 Å². The van der Waals surface area contributed by atoms with Crippen molar-refractivity contribution in [2.45, 2.75) is 32.7 Å². The van der Waals surface area contributed by atoms with Gasteiger partial charge < -0.3 is 9.47 Å². The van der Waals surface area contributed by atoms with Gasteiger partial charge >= 0.3 is 0 Å². The molecule has 7 heteroatoms. The Morgan fingerprint density at radius 2 is 1.71 bits per heavy atom. The summed E-state index contributed by atoms with van der Waals surface area (Å²) < 4.78 is 2.17. The molecule has 2 heterocycles. The predicted octanol–water partition coefficient (Wildman–Crippen LogP) is 5.94. The zero-order chi connectivity index (χ0) is 26.6. The van der Waals surface area contributed by atoms with Gasteiger partial charge in [-0.25, -0.2) is 5.43 Å². The number of hydrogen-bond donors (Lipinski definition) is 1.